The number of carbonyl (C=O) groups excluding carboxylic acids is 1. The predicted octanol–water partition coefficient (Wildman–Crippen LogP) is 3.34. The van der Waals surface area contributed by atoms with Gasteiger partial charge in [0, 0.05) is 18.4 Å². The molecule has 1 aromatic carbocycles. The number of rotatable bonds is 5. The Morgan fingerprint density at radius 1 is 1.21 bits per heavy atom. The van der Waals surface area contributed by atoms with E-state index in [1.54, 1.807) is 24.4 Å². The van der Waals surface area contributed by atoms with Crippen molar-refractivity contribution >= 4 is 23.4 Å². The Morgan fingerprint density at radius 2 is 2.00 bits per heavy atom. The molecule has 0 unspecified atom stereocenters. The van der Waals surface area contributed by atoms with Gasteiger partial charge in [-0.2, -0.15) is 0 Å². The minimum absolute atomic E-state index is 0.200. The molecule has 2 rings (SSSR count). The van der Waals surface area contributed by atoms with Crippen LogP contribution in [0.25, 0.3) is 0 Å². The minimum atomic E-state index is -0.423. The van der Waals surface area contributed by atoms with E-state index in [4.69, 9.17) is 0 Å². The molecule has 0 saturated carbocycles. The molecule has 1 amide bonds. The Balaban J connectivity index is 1.78. The van der Waals surface area contributed by atoms with E-state index in [2.05, 4.69) is 10.3 Å². The summed E-state index contributed by atoms with van der Waals surface area (Å²) in [5.41, 5.74) is 0.218. The van der Waals surface area contributed by atoms with E-state index in [-0.39, 0.29) is 11.6 Å². The highest BCUT2D eigenvalue weighted by molar-refractivity contribution is 7.99. The molecule has 3 nitrogen and oxygen atoms in total. The van der Waals surface area contributed by atoms with Gasteiger partial charge in [-0.05, 0) is 24.3 Å². The first-order valence-corrected chi connectivity index (χ1v) is 6.82. The van der Waals surface area contributed by atoms with E-state index in [1.807, 2.05) is 18.2 Å². The number of aromatic nitrogens is 1. The predicted molar refractivity (Wildman–Crippen MR) is 74.6 cm³/mol. The molecule has 0 spiro atoms. The molecule has 1 heterocycles. The van der Waals surface area contributed by atoms with Gasteiger partial charge in [0.25, 0.3) is 0 Å². The molecular formula is C14H13FN2OS. The SMILES string of the molecule is O=C(CCSc1ccccn1)Nc1ccccc1F. The van der Waals surface area contributed by atoms with Gasteiger partial charge in [0.1, 0.15) is 5.82 Å². The third-order valence-corrected chi connectivity index (χ3v) is 3.31. The minimum Gasteiger partial charge on any atom is -0.324 e. The quantitative estimate of drug-likeness (QED) is 0.852. The number of carbonyl (C=O) groups is 1. The van der Waals surface area contributed by atoms with E-state index >= 15 is 0 Å². The molecule has 1 N–H and O–H groups in total. The number of thioether (sulfide) groups is 1. The molecule has 98 valence electrons. The Morgan fingerprint density at radius 3 is 2.74 bits per heavy atom. The zero-order valence-corrected chi connectivity index (χ0v) is 11.0. The first-order chi connectivity index (χ1) is 9.25. The van der Waals surface area contributed by atoms with Crippen LogP contribution in [0.5, 0.6) is 0 Å². The molecule has 2 aromatic rings. The van der Waals surface area contributed by atoms with E-state index in [1.165, 1.54) is 17.8 Å². The van der Waals surface area contributed by atoms with E-state index in [0.29, 0.717) is 12.2 Å². The second kappa shape index (κ2) is 6.89. The lowest BCUT2D eigenvalue weighted by Gasteiger charge is -2.05. The summed E-state index contributed by atoms with van der Waals surface area (Å²) in [4.78, 5) is 15.8. The van der Waals surface area contributed by atoms with Crippen molar-refractivity contribution < 1.29 is 9.18 Å². The number of hydrogen-bond acceptors (Lipinski definition) is 3. The molecule has 1 aromatic heterocycles. The van der Waals surface area contributed by atoms with Crippen LogP contribution in [-0.4, -0.2) is 16.6 Å². The van der Waals surface area contributed by atoms with Crippen molar-refractivity contribution in [1.82, 2.24) is 4.98 Å². The Bertz CT molecular complexity index is 548. The third kappa shape index (κ3) is 4.37. The van der Waals surface area contributed by atoms with Gasteiger partial charge in [0.15, 0.2) is 0 Å². The first kappa shape index (κ1) is 13.5. The molecule has 0 saturated heterocycles. The number of nitrogens with one attached hydrogen (secondary N) is 1. The molecule has 0 fully saturated rings. The maximum atomic E-state index is 13.3. The molecule has 5 heteroatoms. The fourth-order valence-corrected chi connectivity index (χ4v) is 2.26. The van der Waals surface area contributed by atoms with Crippen molar-refractivity contribution in [2.45, 2.75) is 11.4 Å². The topological polar surface area (TPSA) is 42.0 Å². The maximum absolute atomic E-state index is 13.3. The Labute approximate surface area is 115 Å². The van der Waals surface area contributed by atoms with Gasteiger partial charge in [-0.1, -0.05) is 18.2 Å². The molecule has 0 aliphatic rings. The average Bonchev–Trinajstić information content (AvgIpc) is 2.43. The van der Waals surface area contributed by atoms with E-state index in [9.17, 15) is 9.18 Å². The van der Waals surface area contributed by atoms with Crippen molar-refractivity contribution in [3.8, 4) is 0 Å². The number of amides is 1. The van der Waals surface area contributed by atoms with Gasteiger partial charge in [-0.3, -0.25) is 4.79 Å². The number of hydrogen-bond donors (Lipinski definition) is 1. The standard InChI is InChI=1S/C14H13FN2OS/c15-11-5-1-2-6-12(11)17-13(18)8-10-19-14-7-3-4-9-16-14/h1-7,9H,8,10H2,(H,17,18). The van der Waals surface area contributed by atoms with Crippen LogP contribution in [-0.2, 0) is 4.79 Å². The van der Waals surface area contributed by atoms with Crippen molar-refractivity contribution in [2.24, 2.45) is 0 Å². The van der Waals surface area contributed by atoms with Gasteiger partial charge in [-0.15, -0.1) is 11.8 Å². The molecule has 0 aliphatic heterocycles. The van der Waals surface area contributed by atoms with Crippen molar-refractivity contribution in [3.63, 3.8) is 0 Å². The maximum Gasteiger partial charge on any atom is 0.225 e. The van der Waals surface area contributed by atoms with Crippen LogP contribution < -0.4 is 5.32 Å². The molecule has 0 atom stereocenters. The lowest BCUT2D eigenvalue weighted by Crippen LogP contribution is -2.13. The molecular weight excluding hydrogens is 263 g/mol. The molecule has 0 bridgehead atoms. The number of halogens is 1. The smallest absolute Gasteiger partial charge is 0.225 e. The van der Waals surface area contributed by atoms with Crippen LogP contribution in [0, 0.1) is 5.82 Å². The Hall–Kier alpha value is -1.88. The summed E-state index contributed by atoms with van der Waals surface area (Å²) in [6.07, 6.45) is 2.03. The van der Waals surface area contributed by atoms with Crippen LogP contribution in [0.2, 0.25) is 0 Å². The van der Waals surface area contributed by atoms with Crippen LogP contribution in [0.3, 0.4) is 0 Å². The second-order valence-electron chi connectivity index (χ2n) is 3.79. The van der Waals surface area contributed by atoms with Crippen LogP contribution in [0.15, 0.2) is 53.7 Å². The average molecular weight is 276 g/mol. The normalized spacial score (nSPS) is 10.2. The molecule has 19 heavy (non-hydrogen) atoms. The van der Waals surface area contributed by atoms with Crippen LogP contribution in [0.4, 0.5) is 10.1 Å². The van der Waals surface area contributed by atoms with E-state index < -0.39 is 5.82 Å². The van der Waals surface area contributed by atoms with Gasteiger partial charge < -0.3 is 5.32 Å². The number of para-hydroxylation sites is 1. The third-order valence-electron chi connectivity index (χ3n) is 2.36. The lowest BCUT2D eigenvalue weighted by atomic mass is 10.3. The summed E-state index contributed by atoms with van der Waals surface area (Å²) in [6.45, 7) is 0. The van der Waals surface area contributed by atoms with Crippen LogP contribution in [0.1, 0.15) is 6.42 Å². The summed E-state index contributed by atoms with van der Waals surface area (Å²) in [7, 11) is 0. The fraction of sp³-hybridized carbons (Fsp3) is 0.143. The van der Waals surface area contributed by atoms with Crippen molar-refractivity contribution in [2.75, 3.05) is 11.1 Å². The van der Waals surface area contributed by atoms with E-state index in [0.717, 1.165) is 5.03 Å². The highest BCUT2D eigenvalue weighted by Gasteiger charge is 2.06. The van der Waals surface area contributed by atoms with Gasteiger partial charge in [-0.25, -0.2) is 9.37 Å². The summed E-state index contributed by atoms with van der Waals surface area (Å²) in [5, 5.41) is 3.42. The summed E-state index contributed by atoms with van der Waals surface area (Å²) in [5.74, 6) is -0.0149. The van der Waals surface area contributed by atoms with Crippen molar-refractivity contribution in [1.29, 1.82) is 0 Å². The molecule has 0 aliphatic carbocycles. The second-order valence-corrected chi connectivity index (χ2v) is 4.91. The van der Waals surface area contributed by atoms with Gasteiger partial charge >= 0.3 is 0 Å². The zero-order valence-electron chi connectivity index (χ0n) is 10.2. The summed E-state index contributed by atoms with van der Waals surface area (Å²) >= 11 is 1.50. The zero-order chi connectivity index (χ0) is 13.5. The summed E-state index contributed by atoms with van der Waals surface area (Å²) < 4.78 is 13.3. The Kier molecular flexibility index (Phi) is 4.92. The first-order valence-electron chi connectivity index (χ1n) is 5.84. The molecule has 0 radical (unpaired) electrons. The summed E-state index contributed by atoms with van der Waals surface area (Å²) in [6, 6.07) is 11.8. The fourth-order valence-electron chi connectivity index (χ4n) is 1.46. The lowest BCUT2D eigenvalue weighted by molar-refractivity contribution is -0.115. The van der Waals surface area contributed by atoms with Crippen LogP contribution >= 0.6 is 11.8 Å². The number of nitrogens with zero attached hydrogens (tertiary/aromatic N) is 1. The number of benzene rings is 1. The monoisotopic (exact) mass is 276 g/mol. The largest absolute Gasteiger partial charge is 0.324 e. The highest BCUT2D eigenvalue weighted by Crippen LogP contribution is 2.16. The number of pyridine rings is 1. The van der Waals surface area contributed by atoms with Gasteiger partial charge in [0.05, 0.1) is 10.7 Å². The highest BCUT2D eigenvalue weighted by atomic mass is 32.2. The van der Waals surface area contributed by atoms with Gasteiger partial charge in [0.2, 0.25) is 5.91 Å². The van der Waals surface area contributed by atoms with Crippen molar-refractivity contribution in [3.05, 3.63) is 54.5 Å². The number of anilines is 1.